The Morgan fingerprint density at radius 1 is 0.893 bits per heavy atom. The quantitative estimate of drug-likeness (QED) is 0.493. The summed E-state index contributed by atoms with van der Waals surface area (Å²) < 4.78 is 12.8. The molecule has 0 aliphatic heterocycles. The molecule has 0 aliphatic carbocycles. The lowest BCUT2D eigenvalue weighted by molar-refractivity contribution is 0.0954. The number of nitrogens with one attached hydrogen (secondary N) is 2. The molecule has 5 nitrogen and oxygen atoms in total. The van der Waals surface area contributed by atoms with Gasteiger partial charge in [0.15, 0.2) is 0 Å². The van der Waals surface area contributed by atoms with Crippen molar-refractivity contribution in [1.82, 2.24) is 5.43 Å². The second-order valence-corrected chi connectivity index (χ2v) is 6.23. The maximum Gasteiger partial charge on any atom is 0.271 e. The minimum atomic E-state index is -0.411. The highest BCUT2D eigenvalue weighted by atomic mass is 35.5. The lowest BCUT2D eigenvalue weighted by Gasteiger charge is -2.06. The van der Waals surface area contributed by atoms with Gasteiger partial charge in [-0.25, -0.2) is 9.82 Å². The summed E-state index contributed by atoms with van der Waals surface area (Å²) in [5, 5.41) is 7.04. The number of hydrogen-bond acceptors (Lipinski definition) is 3. The van der Waals surface area contributed by atoms with Crippen LogP contribution in [-0.2, 0) is 0 Å². The van der Waals surface area contributed by atoms with E-state index < -0.39 is 5.91 Å². The Kier molecular flexibility index (Phi) is 6.14. The van der Waals surface area contributed by atoms with Gasteiger partial charge in [0.05, 0.1) is 6.21 Å². The minimum Gasteiger partial charge on any atom is -0.322 e. The van der Waals surface area contributed by atoms with E-state index >= 15 is 0 Å². The molecule has 140 valence electrons. The van der Waals surface area contributed by atoms with Gasteiger partial charge in [0, 0.05) is 21.8 Å². The van der Waals surface area contributed by atoms with Crippen LogP contribution < -0.4 is 10.7 Å². The Bertz CT molecular complexity index is 1020. The van der Waals surface area contributed by atoms with Crippen molar-refractivity contribution in [2.75, 3.05) is 5.32 Å². The fourth-order valence-corrected chi connectivity index (χ4v) is 2.51. The van der Waals surface area contributed by atoms with Crippen molar-refractivity contribution < 1.29 is 14.0 Å². The van der Waals surface area contributed by atoms with Crippen LogP contribution >= 0.6 is 11.6 Å². The van der Waals surface area contributed by atoms with Gasteiger partial charge < -0.3 is 5.32 Å². The Balaban J connectivity index is 1.58. The van der Waals surface area contributed by atoms with Gasteiger partial charge in [-0.2, -0.15) is 5.10 Å². The molecule has 0 spiro atoms. The van der Waals surface area contributed by atoms with Gasteiger partial charge in [0.2, 0.25) is 0 Å². The first-order chi connectivity index (χ1) is 13.5. The van der Waals surface area contributed by atoms with Crippen LogP contribution in [0, 0.1) is 5.82 Å². The van der Waals surface area contributed by atoms with Crippen LogP contribution in [0.3, 0.4) is 0 Å². The minimum absolute atomic E-state index is 0.302. The molecular formula is C21H15ClFN3O2. The van der Waals surface area contributed by atoms with Crippen molar-refractivity contribution in [2.24, 2.45) is 5.10 Å². The third kappa shape index (κ3) is 5.25. The first-order valence-corrected chi connectivity index (χ1v) is 8.65. The van der Waals surface area contributed by atoms with E-state index in [0.29, 0.717) is 27.4 Å². The Morgan fingerprint density at radius 3 is 2.29 bits per heavy atom. The number of anilines is 1. The van der Waals surface area contributed by atoms with Crippen LogP contribution in [0.25, 0.3) is 0 Å². The zero-order valence-electron chi connectivity index (χ0n) is 14.5. The number of hydrazone groups is 1. The molecular weight excluding hydrogens is 381 g/mol. The molecule has 0 aliphatic rings. The topological polar surface area (TPSA) is 70.6 Å². The SMILES string of the molecule is O=C(N/N=C/c1ccc(F)cc1)c1ccc(NC(=O)c2cccc(Cl)c2)cc1. The first-order valence-electron chi connectivity index (χ1n) is 8.27. The van der Waals surface area contributed by atoms with Gasteiger partial charge in [-0.15, -0.1) is 0 Å². The summed E-state index contributed by atoms with van der Waals surface area (Å²) in [6.45, 7) is 0. The summed E-state index contributed by atoms with van der Waals surface area (Å²) in [6, 6.07) is 18.7. The molecule has 0 aromatic heterocycles. The van der Waals surface area contributed by atoms with E-state index in [2.05, 4.69) is 15.8 Å². The van der Waals surface area contributed by atoms with Crippen molar-refractivity contribution >= 4 is 35.3 Å². The van der Waals surface area contributed by atoms with Gasteiger partial charge >= 0.3 is 0 Å². The number of halogens is 2. The van der Waals surface area contributed by atoms with Crippen LogP contribution in [0.15, 0.2) is 77.9 Å². The monoisotopic (exact) mass is 395 g/mol. The van der Waals surface area contributed by atoms with Crippen LogP contribution in [0.4, 0.5) is 10.1 Å². The average Bonchev–Trinajstić information content (AvgIpc) is 2.70. The highest BCUT2D eigenvalue weighted by Gasteiger charge is 2.08. The fourth-order valence-electron chi connectivity index (χ4n) is 2.32. The molecule has 2 amide bonds. The van der Waals surface area contributed by atoms with Gasteiger partial charge in [0.1, 0.15) is 5.82 Å². The molecule has 0 heterocycles. The number of carbonyl (C=O) groups is 2. The van der Waals surface area contributed by atoms with E-state index in [9.17, 15) is 14.0 Å². The Hall–Kier alpha value is -3.51. The lowest BCUT2D eigenvalue weighted by atomic mass is 10.1. The zero-order valence-corrected chi connectivity index (χ0v) is 15.3. The van der Waals surface area contributed by atoms with Crippen LogP contribution in [-0.4, -0.2) is 18.0 Å². The number of amides is 2. The fraction of sp³-hybridized carbons (Fsp3) is 0. The van der Waals surface area contributed by atoms with Crippen molar-refractivity contribution in [1.29, 1.82) is 0 Å². The smallest absolute Gasteiger partial charge is 0.271 e. The van der Waals surface area contributed by atoms with Crippen molar-refractivity contribution in [3.63, 3.8) is 0 Å². The predicted molar refractivity (Wildman–Crippen MR) is 107 cm³/mol. The van der Waals surface area contributed by atoms with E-state index in [1.54, 1.807) is 60.7 Å². The standard InChI is InChI=1S/C21H15ClFN3O2/c22-17-3-1-2-16(12-17)20(27)25-19-10-6-15(7-11-19)21(28)26-24-13-14-4-8-18(23)9-5-14/h1-13H,(H,25,27)(H,26,28)/b24-13+. The molecule has 0 atom stereocenters. The van der Waals surface area contributed by atoms with E-state index in [1.165, 1.54) is 18.3 Å². The molecule has 0 radical (unpaired) electrons. The van der Waals surface area contributed by atoms with Crippen LogP contribution in [0.2, 0.25) is 5.02 Å². The summed E-state index contributed by atoms with van der Waals surface area (Å²) in [5.74, 6) is -1.06. The number of nitrogens with zero attached hydrogens (tertiary/aromatic N) is 1. The van der Waals surface area contributed by atoms with Gasteiger partial charge in [-0.3, -0.25) is 9.59 Å². The first kappa shape index (κ1) is 19.3. The predicted octanol–water partition coefficient (Wildman–Crippen LogP) is 4.50. The van der Waals surface area contributed by atoms with Gasteiger partial charge in [-0.1, -0.05) is 29.8 Å². The van der Waals surface area contributed by atoms with Crippen LogP contribution in [0.1, 0.15) is 26.3 Å². The highest BCUT2D eigenvalue weighted by Crippen LogP contribution is 2.14. The summed E-state index contributed by atoms with van der Waals surface area (Å²) in [6.07, 6.45) is 1.41. The maximum atomic E-state index is 12.8. The van der Waals surface area contributed by atoms with E-state index in [0.717, 1.165) is 0 Å². The van der Waals surface area contributed by atoms with Crippen molar-refractivity contribution in [3.05, 3.63) is 100 Å². The number of carbonyl (C=O) groups excluding carboxylic acids is 2. The largest absolute Gasteiger partial charge is 0.322 e. The molecule has 7 heteroatoms. The van der Waals surface area contributed by atoms with Crippen LogP contribution in [0.5, 0.6) is 0 Å². The number of rotatable bonds is 5. The maximum absolute atomic E-state index is 12.8. The summed E-state index contributed by atoms with van der Waals surface area (Å²) in [5.41, 5.74) is 4.39. The Labute approximate surface area is 165 Å². The summed E-state index contributed by atoms with van der Waals surface area (Å²) in [7, 11) is 0. The summed E-state index contributed by atoms with van der Waals surface area (Å²) in [4.78, 5) is 24.3. The third-order valence-corrected chi connectivity index (χ3v) is 3.98. The Morgan fingerprint density at radius 2 is 1.61 bits per heavy atom. The van der Waals surface area contributed by atoms with Crippen molar-refractivity contribution in [3.8, 4) is 0 Å². The normalized spacial score (nSPS) is 10.6. The van der Waals surface area contributed by atoms with E-state index in [-0.39, 0.29) is 11.7 Å². The molecule has 0 unspecified atom stereocenters. The summed E-state index contributed by atoms with van der Waals surface area (Å²) >= 11 is 5.88. The molecule has 3 aromatic rings. The second kappa shape index (κ2) is 8.92. The molecule has 3 rings (SSSR count). The van der Waals surface area contributed by atoms with Gasteiger partial charge in [0.25, 0.3) is 11.8 Å². The van der Waals surface area contributed by atoms with Gasteiger partial charge in [-0.05, 0) is 60.2 Å². The van der Waals surface area contributed by atoms with Crippen molar-refractivity contribution in [2.45, 2.75) is 0 Å². The number of hydrogen-bond donors (Lipinski definition) is 2. The molecule has 28 heavy (non-hydrogen) atoms. The zero-order chi connectivity index (χ0) is 19.9. The molecule has 3 aromatic carbocycles. The second-order valence-electron chi connectivity index (χ2n) is 5.79. The van der Waals surface area contributed by atoms with E-state index in [4.69, 9.17) is 11.6 Å². The number of benzene rings is 3. The third-order valence-electron chi connectivity index (χ3n) is 3.74. The van der Waals surface area contributed by atoms with E-state index in [1.807, 2.05) is 0 Å². The average molecular weight is 396 g/mol. The molecule has 0 saturated heterocycles. The highest BCUT2D eigenvalue weighted by molar-refractivity contribution is 6.31. The molecule has 0 fully saturated rings. The molecule has 0 saturated carbocycles. The lowest BCUT2D eigenvalue weighted by Crippen LogP contribution is -2.17. The molecule has 0 bridgehead atoms. The molecule has 2 N–H and O–H groups in total.